The molecular weight excluding hydrogens is 384 g/mol. The van der Waals surface area contributed by atoms with Gasteiger partial charge >= 0.3 is 5.97 Å². The Morgan fingerprint density at radius 3 is 2.63 bits per heavy atom. The summed E-state index contributed by atoms with van der Waals surface area (Å²) in [7, 11) is 0. The molecule has 0 aromatic heterocycles. The van der Waals surface area contributed by atoms with Crippen LogP contribution in [0, 0.1) is 34.5 Å². The fourth-order valence-corrected chi connectivity index (χ4v) is 7.21. The number of esters is 1. The van der Waals surface area contributed by atoms with E-state index in [9.17, 15) is 24.3 Å². The van der Waals surface area contributed by atoms with Crippen molar-refractivity contribution in [3.05, 3.63) is 23.8 Å². The fourth-order valence-electron chi connectivity index (χ4n) is 7.21. The summed E-state index contributed by atoms with van der Waals surface area (Å²) >= 11 is 0. The summed E-state index contributed by atoms with van der Waals surface area (Å²) in [5.41, 5.74) is -2.04. The molecule has 0 aromatic carbocycles. The zero-order valence-corrected chi connectivity index (χ0v) is 18.1. The Kier molecular flexibility index (Phi) is 4.73. The molecule has 0 spiro atoms. The van der Waals surface area contributed by atoms with Gasteiger partial charge < -0.3 is 9.84 Å². The molecular formula is C24H30O6. The molecule has 4 rings (SSSR count). The van der Waals surface area contributed by atoms with Crippen LogP contribution in [0.1, 0.15) is 53.4 Å². The Morgan fingerprint density at radius 2 is 1.97 bits per heavy atom. The minimum Gasteiger partial charge on any atom is -0.458 e. The number of Topliss-reactive ketones (excluding diaryl/α,β-unsaturated/α-hetero) is 2. The van der Waals surface area contributed by atoms with E-state index in [1.54, 1.807) is 12.2 Å². The molecule has 4 aliphatic carbocycles. The molecule has 0 aromatic rings. The Balaban J connectivity index is 1.71. The Bertz CT molecular complexity index is 899. The Morgan fingerprint density at radius 1 is 1.27 bits per heavy atom. The van der Waals surface area contributed by atoms with Gasteiger partial charge in [-0.2, -0.15) is 0 Å². The summed E-state index contributed by atoms with van der Waals surface area (Å²) in [6.45, 7) is 6.74. The molecule has 1 N–H and O–H groups in total. The first-order chi connectivity index (χ1) is 13.9. The molecule has 0 saturated heterocycles. The first-order valence-corrected chi connectivity index (χ1v) is 10.8. The average molecular weight is 414 g/mol. The number of rotatable bonds is 3. The second-order valence-corrected chi connectivity index (χ2v) is 10.2. The summed E-state index contributed by atoms with van der Waals surface area (Å²) in [5, 5.41) is 11.5. The van der Waals surface area contributed by atoms with Crippen molar-refractivity contribution in [1.29, 1.82) is 0 Å². The lowest BCUT2D eigenvalue weighted by Gasteiger charge is -2.58. The van der Waals surface area contributed by atoms with Crippen molar-refractivity contribution in [3.63, 3.8) is 0 Å². The van der Waals surface area contributed by atoms with Crippen LogP contribution in [0.4, 0.5) is 0 Å². The van der Waals surface area contributed by atoms with Gasteiger partial charge in [0, 0.05) is 30.1 Å². The molecule has 3 saturated carbocycles. The van der Waals surface area contributed by atoms with E-state index in [-0.39, 0.29) is 48.1 Å². The minimum atomic E-state index is -1.67. The van der Waals surface area contributed by atoms with Crippen LogP contribution in [-0.4, -0.2) is 40.6 Å². The molecule has 0 heterocycles. The van der Waals surface area contributed by atoms with Crippen LogP contribution < -0.4 is 0 Å². The van der Waals surface area contributed by atoms with E-state index in [0.29, 0.717) is 6.42 Å². The first-order valence-electron chi connectivity index (χ1n) is 10.8. The van der Waals surface area contributed by atoms with E-state index < -0.39 is 34.8 Å². The van der Waals surface area contributed by atoms with E-state index in [2.05, 4.69) is 6.92 Å². The van der Waals surface area contributed by atoms with Crippen LogP contribution in [-0.2, 0) is 23.9 Å². The van der Waals surface area contributed by atoms with E-state index >= 15 is 0 Å². The van der Waals surface area contributed by atoms with Crippen LogP contribution in [0.3, 0.4) is 0 Å². The van der Waals surface area contributed by atoms with Crippen molar-refractivity contribution in [2.45, 2.75) is 59.0 Å². The van der Waals surface area contributed by atoms with E-state index in [1.165, 1.54) is 6.92 Å². The van der Waals surface area contributed by atoms with Crippen LogP contribution in [0.15, 0.2) is 23.8 Å². The molecule has 162 valence electrons. The molecule has 7 atom stereocenters. The zero-order chi connectivity index (χ0) is 22.1. The van der Waals surface area contributed by atoms with Crippen molar-refractivity contribution >= 4 is 23.3 Å². The quantitative estimate of drug-likeness (QED) is 0.713. The van der Waals surface area contributed by atoms with Gasteiger partial charge in [0.15, 0.2) is 12.4 Å². The van der Waals surface area contributed by atoms with Gasteiger partial charge in [-0.05, 0) is 49.2 Å². The smallest absolute Gasteiger partial charge is 0.303 e. The van der Waals surface area contributed by atoms with E-state index in [0.717, 1.165) is 12.0 Å². The molecule has 0 bridgehead atoms. The number of aliphatic hydroxyl groups is 1. The highest BCUT2D eigenvalue weighted by Gasteiger charge is 2.68. The summed E-state index contributed by atoms with van der Waals surface area (Å²) in [6, 6.07) is 0. The van der Waals surface area contributed by atoms with Crippen LogP contribution in [0.25, 0.3) is 0 Å². The summed E-state index contributed by atoms with van der Waals surface area (Å²) in [4.78, 5) is 49.6. The summed E-state index contributed by atoms with van der Waals surface area (Å²) < 4.78 is 4.87. The maximum absolute atomic E-state index is 13.5. The second-order valence-electron chi connectivity index (χ2n) is 10.2. The first kappa shape index (κ1) is 21.2. The standard InChI is InChI=1S/C24H30O6/c1-13-9-16-17-6-8-24(29,20(28)12-30-14(2)25)23(17,4)11-19(27)21(16)22(3)7-5-15(26)10-18(13)22/h5,7,10,13,16-17,21,29H,6,8-9,11-12H2,1-4H3/t13-,16-,17-,21?,22-,23-,24-/m0/s1. The number of carbonyl (C=O) groups excluding carboxylic acids is 4. The highest BCUT2D eigenvalue weighted by atomic mass is 16.5. The molecule has 6 nitrogen and oxygen atoms in total. The fraction of sp³-hybridized carbons (Fsp3) is 0.667. The molecule has 4 aliphatic rings. The molecule has 0 aliphatic heterocycles. The topological polar surface area (TPSA) is 97.7 Å². The van der Waals surface area contributed by atoms with Crippen LogP contribution >= 0.6 is 0 Å². The third-order valence-corrected chi connectivity index (χ3v) is 8.60. The summed E-state index contributed by atoms with van der Waals surface area (Å²) in [5.74, 6) is -1.16. The lowest BCUT2D eigenvalue weighted by Crippen LogP contribution is -2.61. The van der Waals surface area contributed by atoms with E-state index in [4.69, 9.17) is 4.74 Å². The number of ether oxygens (including phenoxy) is 1. The van der Waals surface area contributed by atoms with Crippen molar-refractivity contribution in [2.24, 2.45) is 34.5 Å². The third kappa shape index (κ3) is 2.72. The Hall–Kier alpha value is -2.08. The highest BCUT2D eigenvalue weighted by molar-refractivity contribution is 6.02. The van der Waals surface area contributed by atoms with Crippen LogP contribution in [0.5, 0.6) is 0 Å². The molecule has 6 heteroatoms. The van der Waals surface area contributed by atoms with Gasteiger partial charge in [0.2, 0.25) is 5.78 Å². The van der Waals surface area contributed by atoms with Gasteiger partial charge in [-0.15, -0.1) is 0 Å². The van der Waals surface area contributed by atoms with Gasteiger partial charge in [-0.25, -0.2) is 0 Å². The molecule has 0 amide bonds. The number of fused-ring (bicyclic) bond motifs is 5. The molecule has 30 heavy (non-hydrogen) atoms. The predicted octanol–water partition coefficient (Wildman–Crippen LogP) is 2.58. The predicted molar refractivity (Wildman–Crippen MR) is 108 cm³/mol. The van der Waals surface area contributed by atoms with Gasteiger partial charge in [0.1, 0.15) is 11.4 Å². The van der Waals surface area contributed by atoms with Gasteiger partial charge in [-0.1, -0.05) is 32.4 Å². The maximum Gasteiger partial charge on any atom is 0.303 e. The molecule has 3 fully saturated rings. The number of carbonyl (C=O) groups is 4. The van der Waals surface area contributed by atoms with E-state index in [1.807, 2.05) is 19.9 Å². The van der Waals surface area contributed by atoms with Crippen molar-refractivity contribution in [3.8, 4) is 0 Å². The summed E-state index contributed by atoms with van der Waals surface area (Å²) in [6.07, 6.45) is 6.94. The second kappa shape index (κ2) is 6.71. The minimum absolute atomic E-state index is 0.0123. The average Bonchev–Trinajstić information content (AvgIpc) is 2.93. The highest BCUT2D eigenvalue weighted by Crippen LogP contribution is 2.66. The van der Waals surface area contributed by atoms with Crippen molar-refractivity contribution in [2.75, 3.05) is 6.61 Å². The lowest BCUT2D eigenvalue weighted by atomic mass is 9.45. The number of hydrogen-bond donors (Lipinski definition) is 1. The Labute approximate surface area is 176 Å². The van der Waals surface area contributed by atoms with Crippen molar-refractivity contribution in [1.82, 2.24) is 0 Å². The number of allylic oxidation sites excluding steroid dienone is 4. The SMILES string of the molecule is CC(=O)OCC(=O)[C@@]1(O)CC[C@H]2[C@@H]3C[C@H](C)C4=CC(=O)C=C[C@]4(C)C3C(=O)C[C@@]21C. The number of hydrogen-bond acceptors (Lipinski definition) is 6. The normalized spacial score (nSPS) is 44.6. The van der Waals surface area contributed by atoms with Gasteiger partial charge in [0.25, 0.3) is 0 Å². The van der Waals surface area contributed by atoms with Gasteiger partial charge in [0.05, 0.1) is 0 Å². The van der Waals surface area contributed by atoms with Crippen LogP contribution in [0.2, 0.25) is 0 Å². The molecule has 0 radical (unpaired) electrons. The van der Waals surface area contributed by atoms with Crippen molar-refractivity contribution < 1.29 is 29.0 Å². The lowest BCUT2D eigenvalue weighted by molar-refractivity contribution is -0.172. The number of ketones is 3. The largest absolute Gasteiger partial charge is 0.458 e. The maximum atomic E-state index is 13.5. The zero-order valence-electron chi connectivity index (χ0n) is 18.1. The van der Waals surface area contributed by atoms with Gasteiger partial charge in [-0.3, -0.25) is 19.2 Å². The molecule has 1 unspecified atom stereocenters. The monoisotopic (exact) mass is 414 g/mol. The third-order valence-electron chi connectivity index (χ3n) is 8.60.